The van der Waals surface area contributed by atoms with Crippen LogP contribution in [0, 0.1) is 0 Å². The van der Waals surface area contributed by atoms with Gasteiger partial charge < -0.3 is 0 Å². The molecule has 48 valence electrons. The Morgan fingerprint density at radius 3 is 1.00 bits per heavy atom. The van der Waals surface area contributed by atoms with Gasteiger partial charge in [-0.25, -0.2) is 0 Å². The van der Waals surface area contributed by atoms with Gasteiger partial charge in [0.25, 0.3) is 0 Å². The molecule has 0 aromatic heterocycles. The standard InChI is InChI=1S/C4H11P.2ClH/c1-5(2,3)4;;/h1H2,2-4H3;2*1H. The topological polar surface area (TPSA) is 0 Å². The number of halogens is 2. The van der Waals surface area contributed by atoms with Gasteiger partial charge in [-0.2, -0.15) is 0 Å². The second-order valence-corrected chi connectivity index (χ2v) is 6.87. The van der Waals surface area contributed by atoms with Crippen LogP contribution in [0.15, 0.2) is 0 Å². The predicted octanol–water partition coefficient (Wildman–Crippen LogP) is 2.17. The molecule has 3 heteroatoms. The molecule has 0 saturated heterocycles. The van der Waals surface area contributed by atoms with Crippen LogP contribution in [0.5, 0.6) is 0 Å². The highest BCUT2D eigenvalue weighted by molar-refractivity contribution is 7.71. The fraction of sp³-hybridized carbons (Fsp3) is 0.750. The zero-order valence-corrected chi connectivity index (χ0v) is 7.50. The van der Waals surface area contributed by atoms with Gasteiger partial charge in [-0.1, -0.05) is 0 Å². The summed E-state index contributed by atoms with van der Waals surface area (Å²) >= 11 is 0. The molecule has 0 bridgehead atoms. The molecule has 0 amide bonds. The highest BCUT2D eigenvalue weighted by atomic mass is 35.5. The Balaban J connectivity index is -0.0000000800. The van der Waals surface area contributed by atoms with E-state index in [0.717, 1.165) is 0 Å². The SMILES string of the molecule is C=P(C)(C)C.Cl.Cl. The van der Waals surface area contributed by atoms with E-state index in [1.807, 2.05) is 0 Å². The van der Waals surface area contributed by atoms with E-state index >= 15 is 0 Å². The first kappa shape index (κ1) is 15.7. The van der Waals surface area contributed by atoms with E-state index < -0.39 is 6.89 Å². The molecule has 0 saturated carbocycles. The molecule has 0 nitrogen and oxygen atoms in total. The van der Waals surface area contributed by atoms with Crippen LogP contribution in [0.4, 0.5) is 0 Å². The summed E-state index contributed by atoms with van der Waals surface area (Å²) in [6.07, 6.45) is 3.88. The maximum Gasteiger partial charge on any atom is -0.0456 e. The third-order valence-corrected chi connectivity index (χ3v) is 0. The third-order valence-electron chi connectivity index (χ3n) is 0. The summed E-state index contributed by atoms with van der Waals surface area (Å²) in [5, 5.41) is 0. The average Bonchev–Trinajstić information content (AvgIpc) is 0.722. The van der Waals surface area contributed by atoms with E-state index in [2.05, 4.69) is 26.3 Å². The van der Waals surface area contributed by atoms with Gasteiger partial charge in [0.05, 0.1) is 0 Å². The summed E-state index contributed by atoms with van der Waals surface area (Å²) in [5.74, 6) is 0. The Morgan fingerprint density at radius 1 is 1.00 bits per heavy atom. The van der Waals surface area contributed by atoms with Gasteiger partial charge in [0.15, 0.2) is 0 Å². The van der Waals surface area contributed by atoms with E-state index in [1.165, 1.54) is 0 Å². The second kappa shape index (κ2) is 5.03. The smallest absolute Gasteiger partial charge is 0.0456 e. The van der Waals surface area contributed by atoms with Crippen molar-refractivity contribution in [1.82, 2.24) is 0 Å². The molecule has 0 N–H and O–H groups in total. The maximum absolute atomic E-state index is 3.88. The summed E-state index contributed by atoms with van der Waals surface area (Å²) in [5.41, 5.74) is 0. The molecule has 0 fully saturated rings. The molecule has 0 heterocycles. The lowest BCUT2D eigenvalue weighted by Gasteiger charge is -1.96. The molecule has 0 aromatic carbocycles. The van der Waals surface area contributed by atoms with Crippen LogP contribution in [0.3, 0.4) is 0 Å². The highest BCUT2D eigenvalue weighted by Gasteiger charge is 1.79. The van der Waals surface area contributed by atoms with Crippen molar-refractivity contribution in [2.24, 2.45) is 0 Å². The van der Waals surface area contributed by atoms with Crippen LogP contribution in [0.25, 0.3) is 0 Å². The maximum atomic E-state index is 3.88. The fourth-order valence-corrected chi connectivity index (χ4v) is 0. The largest absolute Gasteiger partial charge is 0.147 e. The van der Waals surface area contributed by atoms with Crippen molar-refractivity contribution in [2.75, 3.05) is 20.0 Å². The van der Waals surface area contributed by atoms with Gasteiger partial charge in [0, 0.05) is 0 Å². The number of hydrogen-bond donors (Lipinski definition) is 0. The summed E-state index contributed by atoms with van der Waals surface area (Å²) < 4.78 is 0. The molecule has 0 rings (SSSR count). The van der Waals surface area contributed by atoms with E-state index in [9.17, 15) is 0 Å². The van der Waals surface area contributed by atoms with Gasteiger partial charge in [-0.3, -0.25) is 0 Å². The van der Waals surface area contributed by atoms with E-state index in [-0.39, 0.29) is 24.8 Å². The fourth-order valence-electron chi connectivity index (χ4n) is 0. The van der Waals surface area contributed by atoms with Crippen molar-refractivity contribution < 1.29 is 0 Å². The van der Waals surface area contributed by atoms with Crippen LogP contribution in [-0.2, 0) is 0 Å². The second-order valence-electron chi connectivity index (χ2n) is 2.29. The first-order valence-electron chi connectivity index (χ1n) is 1.66. The lowest BCUT2D eigenvalue weighted by molar-refractivity contribution is 2.11. The van der Waals surface area contributed by atoms with Gasteiger partial charge in [-0.15, -0.1) is 38.0 Å². The number of hydrogen-bond acceptors (Lipinski definition) is 0. The normalized spacial score (nSPS) is 8.43. The lowest BCUT2D eigenvalue weighted by Crippen LogP contribution is -1.62. The Labute approximate surface area is 58.5 Å². The van der Waals surface area contributed by atoms with Gasteiger partial charge in [0.1, 0.15) is 0 Å². The first-order chi connectivity index (χ1) is 2.00. The van der Waals surface area contributed by atoms with Crippen molar-refractivity contribution in [3.05, 3.63) is 0 Å². The molecule has 0 atom stereocenters. The third kappa shape index (κ3) is 212. The average molecular weight is 163 g/mol. The lowest BCUT2D eigenvalue weighted by atomic mass is 11.8. The summed E-state index contributed by atoms with van der Waals surface area (Å²) in [6.45, 7) is 5.92. The first-order valence-corrected chi connectivity index (χ1v) is 4.97. The van der Waals surface area contributed by atoms with Crippen LogP contribution in [0.1, 0.15) is 0 Å². The molecule has 0 aliphatic carbocycles. The van der Waals surface area contributed by atoms with Crippen LogP contribution in [0.2, 0.25) is 0 Å². The number of rotatable bonds is 0. The van der Waals surface area contributed by atoms with Crippen molar-refractivity contribution in [2.45, 2.75) is 0 Å². The monoisotopic (exact) mass is 162 g/mol. The van der Waals surface area contributed by atoms with Crippen LogP contribution in [-0.4, -0.2) is 26.3 Å². The van der Waals surface area contributed by atoms with Crippen molar-refractivity contribution >= 4 is 38.0 Å². The molecule has 0 aliphatic rings. The van der Waals surface area contributed by atoms with Crippen molar-refractivity contribution in [3.63, 3.8) is 0 Å². The zero-order chi connectivity index (χ0) is 4.50. The molecule has 0 unspecified atom stereocenters. The van der Waals surface area contributed by atoms with Gasteiger partial charge >= 0.3 is 0 Å². The summed E-state index contributed by atoms with van der Waals surface area (Å²) in [4.78, 5) is 0. The summed E-state index contributed by atoms with van der Waals surface area (Å²) in [6, 6.07) is 0. The van der Waals surface area contributed by atoms with Crippen molar-refractivity contribution in [3.8, 4) is 0 Å². The molecule has 0 aromatic rings. The molecule has 0 spiro atoms. The van der Waals surface area contributed by atoms with E-state index in [0.29, 0.717) is 0 Å². The van der Waals surface area contributed by atoms with Gasteiger partial charge in [0.2, 0.25) is 0 Å². The van der Waals surface area contributed by atoms with Crippen molar-refractivity contribution in [1.29, 1.82) is 0 Å². The molecule has 7 heavy (non-hydrogen) atoms. The minimum Gasteiger partial charge on any atom is -0.147 e. The summed E-state index contributed by atoms with van der Waals surface area (Å²) in [7, 11) is 0. The minimum atomic E-state index is -0.639. The molecule has 0 aliphatic heterocycles. The van der Waals surface area contributed by atoms with E-state index in [4.69, 9.17) is 0 Å². The zero-order valence-electron chi connectivity index (χ0n) is 4.97. The van der Waals surface area contributed by atoms with Crippen LogP contribution >= 0.6 is 31.7 Å². The molecule has 0 radical (unpaired) electrons. The minimum absolute atomic E-state index is 0. The Hall–Kier alpha value is 0.880. The Bertz CT molecular complexity index is 55.8. The molecular formula is C4H13Cl2P. The Kier molecular flexibility index (Phi) is 11.2. The Morgan fingerprint density at radius 2 is 1.00 bits per heavy atom. The quantitative estimate of drug-likeness (QED) is 0.480. The van der Waals surface area contributed by atoms with Gasteiger partial charge in [-0.05, 0) is 20.0 Å². The van der Waals surface area contributed by atoms with E-state index in [1.54, 1.807) is 0 Å². The molecular weight excluding hydrogens is 150 g/mol. The predicted molar refractivity (Wildman–Crippen MR) is 46.3 cm³/mol. The van der Waals surface area contributed by atoms with Crippen LogP contribution < -0.4 is 0 Å². The highest BCUT2D eigenvalue weighted by Crippen LogP contribution is 2.27.